The predicted molar refractivity (Wildman–Crippen MR) is 92.6 cm³/mol. The molecule has 0 fully saturated rings. The molecule has 0 spiro atoms. The van der Waals surface area contributed by atoms with Gasteiger partial charge in [-0.05, 0) is 31.0 Å². The van der Waals surface area contributed by atoms with Gasteiger partial charge in [0.15, 0.2) is 0 Å². The molecule has 0 saturated carbocycles. The first-order valence-electron chi connectivity index (χ1n) is 7.44. The van der Waals surface area contributed by atoms with Crippen molar-refractivity contribution in [1.29, 1.82) is 0 Å². The molecular weight excluding hydrogens is 306 g/mol. The largest absolute Gasteiger partial charge is 0.351 e. The second-order valence-corrected chi connectivity index (χ2v) is 6.17. The van der Waals surface area contributed by atoms with Crippen molar-refractivity contribution >= 4 is 17.2 Å². The molecule has 0 radical (unpaired) electrons. The van der Waals surface area contributed by atoms with E-state index in [9.17, 15) is 4.79 Å². The number of nitrogens with zero attached hydrogens (tertiary/aromatic N) is 2. The van der Waals surface area contributed by atoms with Crippen LogP contribution in [0.25, 0.3) is 10.6 Å². The molecule has 0 unspecified atom stereocenters. The third kappa shape index (κ3) is 3.81. The highest BCUT2D eigenvalue weighted by molar-refractivity contribution is 7.17. The third-order valence-corrected chi connectivity index (χ3v) is 4.66. The number of benzene rings is 1. The van der Waals surface area contributed by atoms with E-state index in [0.29, 0.717) is 11.4 Å². The molecule has 2 aromatic heterocycles. The summed E-state index contributed by atoms with van der Waals surface area (Å²) < 4.78 is 0. The van der Waals surface area contributed by atoms with Crippen LogP contribution >= 0.6 is 11.3 Å². The summed E-state index contributed by atoms with van der Waals surface area (Å²) in [5.74, 6) is -0.0638. The molecule has 0 saturated heterocycles. The average molecular weight is 323 g/mol. The summed E-state index contributed by atoms with van der Waals surface area (Å²) in [6.07, 6.45) is 4.30. The first kappa shape index (κ1) is 15.4. The summed E-state index contributed by atoms with van der Waals surface area (Å²) in [5.41, 5.74) is 2.90. The highest BCUT2D eigenvalue weighted by Gasteiger charge is 2.15. The highest BCUT2D eigenvalue weighted by atomic mass is 32.1. The van der Waals surface area contributed by atoms with E-state index in [2.05, 4.69) is 27.4 Å². The monoisotopic (exact) mass is 323 g/mol. The molecule has 0 atom stereocenters. The van der Waals surface area contributed by atoms with Gasteiger partial charge in [0.2, 0.25) is 0 Å². The minimum absolute atomic E-state index is 0.0638. The molecule has 23 heavy (non-hydrogen) atoms. The summed E-state index contributed by atoms with van der Waals surface area (Å²) in [5, 5.41) is 3.79. The second-order valence-electron chi connectivity index (χ2n) is 5.17. The molecule has 3 aromatic rings. The molecule has 4 nitrogen and oxygen atoms in total. The van der Waals surface area contributed by atoms with Crippen molar-refractivity contribution in [3.8, 4) is 10.6 Å². The van der Waals surface area contributed by atoms with E-state index in [4.69, 9.17) is 0 Å². The van der Waals surface area contributed by atoms with Crippen LogP contribution in [0.5, 0.6) is 0 Å². The summed E-state index contributed by atoms with van der Waals surface area (Å²) >= 11 is 1.40. The van der Waals surface area contributed by atoms with E-state index >= 15 is 0 Å². The van der Waals surface area contributed by atoms with Gasteiger partial charge in [0.05, 0.1) is 5.69 Å². The number of aromatic nitrogens is 2. The van der Waals surface area contributed by atoms with E-state index in [1.165, 1.54) is 16.9 Å². The van der Waals surface area contributed by atoms with Crippen molar-refractivity contribution in [3.05, 3.63) is 71.0 Å². The maximum Gasteiger partial charge on any atom is 0.263 e. The number of amides is 1. The molecular formula is C18H17N3OS. The van der Waals surface area contributed by atoms with Crippen molar-refractivity contribution < 1.29 is 4.79 Å². The lowest BCUT2D eigenvalue weighted by molar-refractivity contribution is 0.0957. The standard InChI is InChI=1S/C18H17N3OS/c1-13-16(23-18(21-13)15-8-5-10-19-12-15)17(22)20-11-9-14-6-3-2-4-7-14/h2-8,10,12H,9,11H2,1H3,(H,20,22). The van der Waals surface area contributed by atoms with Crippen LogP contribution in [0, 0.1) is 6.92 Å². The maximum atomic E-state index is 12.3. The molecule has 0 bridgehead atoms. The van der Waals surface area contributed by atoms with E-state index in [1.807, 2.05) is 37.3 Å². The van der Waals surface area contributed by atoms with Gasteiger partial charge in [0.25, 0.3) is 5.91 Å². The van der Waals surface area contributed by atoms with E-state index in [1.54, 1.807) is 12.4 Å². The quantitative estimate of drug-likeness (QED) is 0.782. The van der Waals surface area contributed by atoms with Gasteiger partial charge < -0.3 is 5.32 Å². The summed E-state index contributed by atoms with van der Waals surface area (Å²) in [4.78, 5) is 21.6. The first-order valence-corrected chi connectivity index (χ1v) is 8.25. The second kappa shape index (κ2) is 7.15. The number of hydrogen-bond acceptors (Lipinski definition) is 4. The Morgan fingerprint density at radius 2 is 2.00 bits per heavy atom. The average Bonchev–Trinajstić information content (AvgIpc) is 2.98. The molecule has 1 amide bonds. The number of hydrogen-bond donors (Lipinski definition) is 1. The van der Waals surface area contributed by atoms with Crippen LogP contribution in [0.1, 0.15) is 20.9 Å². The fraction of sp³-hybridized carbons (Fsp3) is 0.167. The molecule has 1 aromatic carbocycles. The lowest BCUT2D eigenvalue weighted by Gasteiger charge is -2.04. The van der Waals surface area contributed by atoms with Crippen LogP contribution in [0.3, 0.4) is 0 Å². The molecule has 0 aliphatic carbocycles. The zero-order valence-corrected chi connectivity index (χ0v) is 13.6. The van der Waals surface area contributed by atoms with Gasteiger partial charge in [-0.15, -0.1) is 11.3 Å². The van der Waals surface area contributed by atoms with Crippen molar-refractivity contribution in [3.63, 3.8) is 0 Å². The van der Waals surface area contributed by atoms with Crippen molar-refractivity contribution in [1.82, 2.24) is 15.3 Å². The zero-order chi connectivity index (χ0) is 16.1. The Morgan fingerprint density at radius 1 is 1.17 bits per heavy atom. The molecule has 116 valence electrons. The van der Waals surface area contributed by atoms with Gasteiger partial charge >= 0.3 is 0 Å². The smallest absolute Gasteiger partial charge is 0.263 e. The zero-order valence-electron chi connectivity index (χ0n) is 12.8. The Hall–Kier alpha value is -2.53. The van der Waals surface area contributed by atoms with Crippen LogP contribution in [0.2, 0.25) is 0 Å². The number of thiazole rings is 1. The Kier molecular flexibility index (Phi) is 4.78. The van der Waals surface area contributed by atoms with Crippen LogP contribution in [0.15, 0.2) is 54.9 Å². The van der Waals surface area contributed by atoms with E-state index < -0.39 is 0 Å². The van der Waals surface area contributed by atoms with Gasteiger partial charge in [0.1, 0.15) is 9.88 Å². The third-order valence-electron chi connectivity index (χ3n) is 3.45. The molecule has 1 N–H and O–H groups in total. The van der Waals surface area contributed by atoms with Gasteiger partial charge in [-0.1, -0.05) is 30.3 Å². The van der Waals surface area contributed by atoms with E-state index in [-0.39, 0.29) is 5.91 Å². The van der Waals surface area contributed by atoms with Crippen LogP contribution in [-0.4, -0.2) is 22.4 Å². The molecule has 0 aliphatic rings. The minimum atomic E-state index is -0.0638. The van der Waals surface area contributed by atoms with Crippen LogP contribution < -0.4 is 5.32 Å². The van der Waals surface area contributed by atoms with Crippen molar-refractivity contribution in [2.75, 3.05) is 6.54 Å². The highest BCUT2D eigenvalue weighted by Crippen LogP contribution is 2.27. The Bertz CT molecular complexity index is 785. The molecule has 3 rings (SSSR count). The fourth-order valence-electron chi connectivity index (χ4n) is 2.27. The number of aryl methyl sites for hydroxylation is 1. The van der Waals surface area contributed by atoms with Gasteiger partial charge in [-0.2, -0.15) is 0 Å². The van der Waals surface area contributed by atoms with Crippen LogP contribution in [-0.2, 0) is 6.42 Å². The number of carbonyl (C=O) groups excluding carboxylic acids is 1. The Balaban J connectivity index is 1.65. The fourth-order valence-corrected chi connectivity index (χ4v) is 3.24. The predicted octanol–water partition coefficient (Wildman–Crippen LogP) is 3.49. The lowest BCUT2D eigenvalue weighted by atomic mass is 10.1. The lowest BCUT2D eigenvalue weighted by Crippen LogP contribution is -2.25. The first-order chi connectivity index (χ1) is 11.2. The van der Waals surface area contributed by atoms with E-state index in [0.717, 1.165) is 22.7 Å². The van der Waals surface area contributed by atoms with Gasteiger partial charge in [-0.3, -0.25) is 9.78 Å². The SMILES string of the molecule is Cc1nc(-c2cccnc2)sc1C(=O)NCCc1ccccc1. The van der Waals surface area contributed by atoms with Crippen molar-refractivity contribution in [2.45, 2.75) is 13.3 Å². The number of pyridine rings is 1. The maximum absolute atomic E-state index is 12.3. The summed E-state index contributed by atoms with van der Waals surface area (Å²) in [6, 6.07) is 13.9. The number of nitrogens with one attached hydrogen (secondary N) is 1. The topological polar surface area (TPSA) is 54.9 Å². The van der Waals surface area contributed by atoms with Crippen molar-refractivity contribution in [2.24, 2.45) is 0 Å². The number of rotatable bonds is 5. The molecule has 2 heterocycles. The molecule has 0 aliphatic heterocycles. The Morgan fingerprint density at radius 3 is 2.74 bits per heavy atom. The minimum Gasteiger partial charge on any atom is -0.351 e. The summed E-state index contributed by atoms with van der Waals surface area (Å²) in [7, 11) is 0. The summed E-state index contributed by atoms with van der Waals surface area (Å²) in [6.45, 7) is 2.48. The normalized spacial score (nSPS) is 10.5. The Labute approximate surface area is 139 Å². The molecule has 5 heteroatoms. The van der Waals surface area contributed by atoms with Gasteiger partial charge in [-0.25, -0.2) is 4.98 Å². The number of carbonyl (C=O) groups is 1. The van der Waals surface area contributed by atoms with Gasteiger partial charge in [0, 0.05) is 24.5 Å². The van der Waals surface area contributed by atoms with Crippen LogP contribution in [0.4, 0.5) is 0 Å².